The molecule has 8 nitrogen and oxygen atoms in total. The molecule has 2 heterocycles. The number of rotatable bonds is 3. The largest absolute Gasteiger partial charge is 0.454 e. The monoisotopic (exact) mass is 395 g/mol. The average molecular weight is 395 g/mol. The molecule has 2 aromatic rings. The van der Waals surface area contributed by atoms with E-state index in [0.29, 0.717) is 22.7 Å². The number of nitrogens with zero attached hydrogens (tertiary/aromatic N) is 1. The van der Waals surface area contributed by atoms with Gasteiger partial charge in [-0.1, -0.05) is 17.7 Å². The second-order valence-corrected chi connectivity index (χ2v) is 7.20. The highest BCUT2D eigenvalue weighted by molar-refractivity contribution is 6.01. The van der Waals surface area contributed by atoms with Crippen LogP contribution in [0.3, 0.4) is 0 Å². The maximum atomic E-state index is 12.5. The lowest BCUT2D eigenvalue weighted by atomic mass is 10.1. The molecule has 3 amide bonds. The molecule has 1 saturated heterocycles. The Labute approximate surface area is 167 Å². The van der Waals surface area contributed by atoms with Gasteiger partial charge in [0.05, 0.1) is 5.92 Å². The van der Waals surface area contributed by atoms with Gasteiger partial charge in [-0.25, -0.2) is 0 Å². The van der Waals surface area contributed by atoms with Gasteiger partial charge in [-0.05, 0) is 37.6 Å². The fourth-order valence-corrected chi connectivity index (χ4v) is 3.54. The minimum atomic E-state index is -0.563. The molecule has 2 N–H and O–H groups in total. The van der Waals surface area contributed by atoms with Crippen molar-refractivity contribution in [1.82, 2.24) is 10.9 Å². The number of hydrogen-bond donors (Lipinski definition) is 2. The van der Waals surface area contributed by atoms with Crippen LogP contribution < -0.4 is 25.2 Å². The number of hydrazine groups is 1. The van der Waals surface area contributed by atoms with Gasteiger partial charge in [-0.2, -0.15) is 0 Å². The van der Waals surface area contributed by atoms with Gasteiger partial charge in [0.15, 0.2) is 11.5 Å². The summed E-state index contributed by atoms with van der Waals surface area (Å²) in [5.41, 5.74) is 7.88. The van der Waals surface area contributed by atoms with Crippen LogP contribution in [0.25, 0.3) is 0 Å². The highest BCUT2D eigenvalue weighted by Crippen LogP contribution is 2.37. The van der Waals surface area contributed by atoms with E-state index in [4.69, 9.17) is 9.47 Å². The molecule has 0 aromatic heterocycles. The molecule has 2 aliphatic heterocycles. The second-order valence-electron chi connectivity index (χ2n) is 7.20. The Morgan fingerprint density at radius 2 is 1.83 bits per heavy atom. The number of fused-ring (bicyclic) bond motifs is 1. The van der Waals surface area contributed by atoms with Crippen LogP contribution in [0.2, 0.25) is 0 Å². The third kappa shape index (κ3) is 3.73. The average Bonchev–Trinajstić information content (AvgIpc) is 3.31. The number of nitrogens with one attached hydrogen (secondary N) is 2. The SMILES string of the molecule is Cc1ccc(C(=O)NNC(=O)C2CC(=O)N(c3ccc4c(c3)OCO4)C2)c(C)c1. The molecule has 4 rings (SSSR count). The molecule has 150 valence electrons. The normalized spacial score (nSPS) is 17.4. The Balaban J connectivity index is 1.37. The number of ether oxygens (including phenoxy) is 2. The fraction of sp³-hybridized carbons (Fsp3) is 0.286. The summed E-state index contributed by atoms with van der Waals surface area (Å²) in [5, 5.41) is 0. The number of amides is 3. The lowest BCUT2D eigenvalue weighted by Gasteiger charge is -2.17. The summed E-state index contributed by atoms with van der Waals surface area (Å²) in [7, 11) is 0. The van der Waals surface area contributed by atoms with E-state index in [0.717, 1.165) is 11.1 Å². The Morgan fingerprint density at radius 3 is 2.62 bits per heavy atom. The van der Waals surface area contributed by atoms with Crippen molar-refractivity contribution in [1.29, 1.82) is 0 Å². The van der Waals surface area contributed by atoms with Gasteiger partial charge in [0.25, 0.3) is 5.91 Å². The summed E-state index contributed by atoms with van der Waals surface area (Å²) in [5.74, 6) is -0.322. The van der Waals surface area contributed by atoms with Gasteiger partial charge in [0.2, 0.25) is 18.6 Å². The lowest BCUT2D eigenvalue weighted by Crippen LogP contribution is -2.45. The molecular weight excluding hydrogens is 374 g/mol. The van der Waals surface area contributed by atoms with Crippen molar-refractivity contribution in [3.8, 4) is 11.5 Å². The molecule has 0 radical (unpaired) electrons. The van der Waals surface area contributed by atoms with Gasteiger partial charge in [0.1, 0.15) is 0 Å². The van der Waals surface area contributed by atoms with Crippen molar-refractivity contribution >= 4 is 23.4 Å². The van der Waals surface area contributed by atoms with E-state index in [1.807, 2.05) is 26.0 Å². The van der Waals surface area contributed by atoms with Crippen LogP contribution in [-0.4, -0.2) is 31.1 Å². The lowest BCUT2D eigenvalue weighted by molar-refractivity contribution is -0.126. The van der Waals surface area contributed by atoms with Crippen molar-refractivity contribution in [2.75, 3.05) is 18.2 Å². The minimum absolute atomic E-state index is 0.0692. The van der Waals surface area contributed by atoms with E-state index in [2.05, 4.69) is 10.9 Å². The number of carbonyl (C=O) groups is 3. The highest BCUT2D eigenvalue weighted by Gasteiger charge is 2.36. The predicted octanol–water partition coefficient (Wildman–Crippen LogP) is 1.85. The van der Waals surface area contributed by atoms with Gasteiger partial charge >= 0.3 is 0 Å². The van der Waals surface area contributed by atoms with Crippen LogP contribution in [0.5, 0.6) is 11.5 Å². The molecule has 8 heteroatoms. The first-order valence-corrected chi connectivity index (χ1v) is 9.30. The molecule has 0 aliphatic carbocycles. The molecule has 0 spiro atoms. The van der Waals surface area contributed by atoms with Gasteiger partial charge in [-0.3, -0.25) is 25.2 Å². The molecule has 1 fully saturated rings. The van der Waals surface area contributed by atoms with Crippen molar-refractivity contribution in [3.05, 3.63) is 53.1 Å². The molecule has 2 aliphatic rings. The van der Waals surface area contributed by atoms with Crippen LogP contribution in [0.4, 0.5) is 5.69 Å². The summed E-state index contributed by atoms with van der Waals surface area (Å²) in [6, 6.07) is 10.7. The summed E-state index contributed by atoms with van der Waals surface area (Å²) < 4.78 is 10.6. The standard InChI is InChI=1S/C21H21N3O5/c1-12-3-5-16(13(2)7-12)21(27)23-22-20(26)14-8-19(25)24(10-14)15-4-6-17-18(9-15)29-11-28-17/h3-7,9,14H,8,10-11H2,1-2H3,(H,22,26)(H,23,27). The Bertz CT molecular complexity index is 1000. The number of anilines is 1. The molecule has 29 heavy (non-hydrogen) atoms. The number of carbonyl (C=O) groups excluding carboxylic acids is 3. The first kappa shape index (κ1) is 18.8. The molecule has 1 atom stereocenters. The maximum absolute atomic E-state index is 12.5. The second kappa shape index (κ2) is 7.46. The van der Waals surface area contributed by atoms with Crippen molar-refractivity contribution in [3.63, 3.8) is 0 Å². The van der Waals surface area contributed by atoms with Crippen LogP contribution in [0.1, 0.15) is 27.9 Å². The number of hydrogen-bond acceptors (Lipinski definition) is 5. The molecular formula is C21H21N3O5. The van der Waals surface area contributed by atoms with Crippen LogP contribution >= 0.6 is 0 Å². The van der Waals surface area contributed by atoms with E-state index in [-0.39, 0.29) is 25.7 Å². The van der Waals surface area contributed by atoms with Crippen LogP contribution in [0.15, 0.2) is 36.4 Å². The highest BCUT2D eigenvalue weighted by atomic mass is 16.7. The third-order valence-corrected chi connectivity index (χ3v) is 5.09. The summed E-state index contributed by atoms with van der Waals surface area (Å²) >= 11 is 0. The summed E-state index contributed by atoms with van der Waals surface area (Å²) in [4.78, 5) is 38.8. The predicted molar refractivity (Wildman–Crippen MR) is 105 cm³/mol. The van der Waals surface area contributed by atoms with E-state index >= 15 is 0 Å². The molecule has 2 aromatic carbocycles. The first-order valence-electron chi connectivity index (χ1n) is 9.30. The van der Waals surface area contributed by atoms with E-state index in [9.17, 15) is 14.4 Å². The Morgan fingerprint density at radius 1 is 1.03 bits per heavy atom. The van der Waals surface area contributed by atoms with Crippen LogP contribution in [0, 0.1) is 19.8 Å². The van der Waals surface area contributed by atoms with E-state index in [1.165, 1.54) is 4.90 Å². The number of benzene rings is 2. The maximum Gasteiger partial charge on any atom is 0.269 e. The quantitative estimate of drug-likeness (QED) is 0.773. The molecule has 0 saturated carbocycles. The van der Waals surface area contributed by atoms with E-state index < -0.39 is 17.7 Å². The van der Waals surface area contributed by atoms with Gasteiger partial charge in [-0.15, -0.1) is 0 Å². The minimum Gasteiger partial charge on any atom is -0.454 e. The zero-order chi connectivity index (χ0) is 20.5. The van der Waals surface area contributed by atoms with E-state index in [1.54, 1.807) is 24.3 Å². The molecule has 1 unspecified atom stereocenters. The van der Waals surface area contributed by atoms with Crippen molar-refractivity contribution < 1.29 is 23.9 Å². The third-order valence-electron chi connectivity index (χ3n) is 5.09. The van der Waals surface area contributed by atoms with Gasteiger partial charge in [0, 0.05) is 30.3 Å². The first-order chi connectivity index (χ1) is 13.9. The van der Waals surface area contributed by atoms with Crippen molar-refractivity contribution in [2.24, 2.45) is 5.92 Å². The topological polar surface area (TPSA) is 97.0 Å². The zero-order valence-electron chi connectivity index (χ0n) is 16.2. The molecule has 0 bridgehead atoms. The Kier molecular flexibility index (Phi) is 4.84. The van der Waals surface area contributed by atoms with Crippen LogP contribution in [-0.2, 0) is 9.59 Å². The smallest absolute Gasteiger partial charge is 0.269 e. The fourth-order valence-electron chi connectivity index (χ4n) is 3.54. The zero-order valence-corrected chi connectivity index (χ0v) is 16.2. The summed E-state index contributed by atoms with van der Waals surface area (Å²) in [6.07, 6.45) is 0.0692. The Hall–Kier alpha value is -3.55. The number of aryl methyl sites for hydroxylation is 2. The van der Waals surface area contributed by atoms with Gasteiger partial charge < -0.3 is 14.4 Å². The summed E-state index contributed by atoms with van der Waals surface area (Å²) in [6.45, 7) is 4.16. The van der Waals surface area contributed by atoms with Crippen molar-refractivity contribution in [2.45, 2.75) is 20.3 Å².